The highest BCUT2D eigenvalue weighted by atomic mass is 16.5. The van der Waals surface area contributed by atoms with Crippen LogP contribution in [0.15, 0.2) is 12.4 Å². The van der Waals surface area contributed by atoms with Crippen LogP contribution in [0.4, 0.5) is 5.82 Å². The largest absolute Gasteiger partial charge is 0.477 e. The van der Waals surface area contributed by atoms with Gasteiger partial charge in [0.15, 0.2) is 0 Å². The Morgan fingerprint density at radius 2 is 2.29 bits per heavy atom. The second-order valence-corrected chi connectivity index (χ2v) is 4.70. The van der Waals surface area contributed by atoms with E-state index in [0.29, 0.717) is 24.9 Å². The molecule has 5 heteroatoms. The van der Waals surface area contributed by atoms with E-state index >= 15 is 0 Å². The minimum absolute atomic E-state index is 0.0838. The molecule has 0 aromatic carbocycles. The van der Waals surface area contributed by atoms with Crippen LogP contribution < -0.4 is 15.8 Å². The van der Waals surface area contributed by atoms with Gasteiger partial charge in [-0.3, -0.25) is 4.98 Å². The molecule has 0 bridgehead atoms. The summed E-state index contributed by atoms with van der Waals surface area (Å²) in [6.07, 6.45) is 5.79. The number of ether oxygens (including phenoxy) is 1. The fraction of sp³-hybridized carbons (Fsp3) is 0.667. The van der Waals surface area contributed by atoms with Crippen LogP contribution in [0.2, 0.25) is 0 Å². The molecule has 1 atom stereocenters. The molecule has 2 rings (SSSR count). The first-order chi connectivity index (χ1) is 8.18. The lowest BCUT2D eigenvalue weighted by Crippen LogP contribution is -2.44. The smallest absolute Gasteiger partial charge is 0.234 e. The quantitative estimate of drug-likeness (QED) is 0.781. The molecule has 0 aliphatic heterocycles. The maximum Gasteiger partial charge on any atom is 0.234 e. The van der Waals surface area contributed by atoms with Gasteiger partial charge in [-0.2, -0.15) is 4.98 Å². The highest BCUT2D eigenvalue weighted by Gasteiger charge is 2.40. The van der Waals surface area contributed by atoms with Crippen LogP contribution in [0.25, 0.3) is 0 Å². The van der Waals surface area contributed by atoms with Gasteiger partial charge in [0, 0.05) is 6.54 Å². The van der Waals surface area contributed by atoms with Crippen LogP contribution >= 0.6 is 0 Å². The van der Waals surface area contributed by atoms with Crippen LogP contribution in [0.3, 0.4) is 0 Å². The molecule has 5 nitrogen and oxygen atoms in total. The fourth-order valence-electron chi connectivity index (χ4n) is 1.96. The summed E-state index contributed by atoms with van der Waals surface area (Å²) in [4.78, 5) is 8.46. The normalized spacial score (nSPS) is 18.5. The molecule has 0 spiro atoms. The van der Waals surface area contributed by atoms with Crippen molar-refractivity contribution in [2.75, 3.05) is 18.5 Å². The molecular formula is C12H20N4O. The van der Waals surface area contributed by atoms with Gasteiger partial charge in [0.2, 0.25) is 5.88 Å². The summed E-state index contributed by atoms with van der Waals surface area (Å²) in [5, 5.41) is 3.39. The average molecular weight is 236 g/mol. The van der Waals surface area contributed by atoms with Crippen LogP contribution in [0.5, 0.6) is 5.88 Å². The van der Waals surface area contributed by atoms with E-state index < -0.39 is 0 Å². The molecular weight excluding hydrogens is 216 g/mol. The number of aromatic nitrogens is 2. The summed E-state index contributed by atoms with van der Waals surface area (Å²) in [6, 6.07) is 0. The van der Waals surface area contributed by atoms with Gasteiger partial charge in [-0.25, -0.2) is 0 Å². The number of hydrogen-bond acceptors (Lipinski definition) is 5. The van der Waals surface area contributed by atoms with E-state index in [4.69, 9.17) is 10.5 Å². The maximum atomic E-state index is 5.85. The van der Waals surface area contributed by atoms with Crippen molar-refractivity contribution in [1.82, 2.24) is 9.97 Å². The maximum absolute atomic E-state index is 5.85. The van der Waals surface area contributed by atoms with E-state index in [0.717, 1.165) is 5.82 Å². The number of anilines is 1. The average Bonchev–Trinajstić information content (AvgIpc) is 3.14. The third-order valence-corrected chi connectivity index (χ3v) is 3.22. The van der Waals surface area contributed by atoms with Gasteiger partial charge in [0.25, 0.3) is 0 Å². The van der Waals surface area contributed by atoms with E-state index in [1.165, 1.54) is 12.8 Å². The Morgan fingerprint density at radius 3 is 2.88 bits per heavy atom. The van der Waals surface area contributed by atoms with Crippen LogP contribution in [0.1, 0.15) is 26.7 Å². The third kappa shape index (κ3) is 2.85. The van der Waals surface area contributed by atoms with Gasteiger partial charge in [0.05, 0.1) is 24.5 Å². The van der Waals surface area contributed by atoms with Crippen molar-refractivity contribution in [1.29, 1.82) is 0 Å². The topological polar surface area (TPSA) is 73.1 Å². The monoisotopic (exact) mass is 236 g/mol. The predicted octanol–water partition coefficient (Wildman–Crippen LogP) is 1.41. The molecule has 1 aromatic rings. The lowest BCUT2D eigenvalue weighted by Gasteiger charge is -2.30. The molecule has 1 aliphatic carbocycles. The molecule has 0 radical (unpaired) electrons. The number of rotatable bonds is 6. The Kier molecular flexibility index (Phi) is 3.47. The molecule has 0 saturated heterocycles. The van der Waals surface area contributed by atoms with E-state index in [9.17, 15) is 0 Å². The molecule has 3 N–H and O–H groups in total. The number of nitrogens with one attached hydrogen (secondary N) is 1. The summed E-state index contributed by atoms with van der Waals surface area (Å²) < 4.78 is 5.33. The standard InChI is InChI=1S/C12H20N4O/c1-3-17-11-7-14-6-10(15-11)16-12(2,8-13)9-4-5-9/h6-7,9H,3-5,8,13H2,1-2H3,(H,15,16). The van der Waals surface area contributed by atoms with Gasteiger partial charge >= 0.3 is 0 Å². The molecule has 1 fully saturated rings. The molecule has 1 aromatic heterocycles. The minimum atomic E-state index is -0.0838. The highest BCUT2D eigenvalue weighted by Crippen LogP contribution is 2.40. The molecule has 1 unspecified atom stereocenters. The van der Waals surface area contributed by atoms with Crippen molar-refractivity contribution in [2.45, 2.75) is 32.2 Å². The fourth-order valence-corrected chi connectivity index (χ4v) is 1.96. The zero-order valence-electron chi connectivity index (χ0n) is 10.4. The molecule has 94 valence electrons. The van der Waals surface area contributed by atoms with Crippen molar-refractivity contribution in [2.24, 2.45) is 11.7 Å². The summed E-state index contributed by atoms with van der Waals surface area (Å²) in [5.74, 6) is 1.92. The second kappa shape index (κ2) is 4.87. The van der Waals surface area contributed by atoms with Crippen molar-refractivity contribution in [3.8, 4) is 5.88 Å². The number of nitrogens with two attached hydrogens (primary N) is 1. The Balaban J connectivity index is 2.08. The lowest BCUT2D eigenvalue weighted by molar-refractivity contribution is 0.325. The molecule has 1 aliphatic rings. The zero-order valence-corrected chi connectivity index (χ0v) is 10.4. The van der Waals surface area contributed by atoms with Gasteiger partial charge in [-0.15, -0.1) is 0 Å². The summed E-state index contributed by atoms with van der Waals surface area (Å²) in [7, 11) is 0. The van der Waals surface area contributed by atoms with E-state index in [2.05, 4.69) is 22.2 Å². The molecule has 17 heavy (non-hydrogen) atoms. The number of nitrogens with zero attached hydrogens (tertiary/aromatic N) is 2. The first kappa shape index (κ1) is 12.1. The highest BCUT2D eigenvalue weighted by molar-refractivity contribution is 5.38. The van der Waals surface area contributed by atoms with Crippen molar-refractivity contribution >= 4 is 5.82 Å². The Labute approximate surface area is 102 Å². The van der Waals surface area contributed by atoms with Gasteiger partial charge in [-0.05, 0) is 32.6 Å². The molecule has 1 saturated carbocycles. The second-order valence-electron chi connectivity index (χ2n) is 4.70. The Morgan fingerprint density at radius 1 is 1.53 bits per heavy atom. The van der Waals surface area contributed by atoms with Crippen LogP contribution in [-0.2, 0) is 0 Å². The molecule has 1 heterocycles. The van der Waals surface area contributed by atoms with E-state index in [-0.39, 0.29) is 5.54 Å². The van der Waals surface area contributed by atoms with Gasteiger partial charge in [-0.1, -0.05) is 0 Å². The van der Waals surface area contributed by atoms with Crippen LogP contribution in [0, 0.1) is 5.92 Å². The molecule has 0 amide bonds. The van der Waals surface area contributed by atoms with Crippen molar-refractivity contribution in [3.05, 3.63) is 12.4 Å². The zero-order chi connectivity index (χ0) is 12.3. The van der Waals surface area contributed by atoms with E-state index in [1.807, 2.05) is 6.92 Å². The summed E-state index contributed by atoms with van der Waals surface area (Å²) >= 11 is 0. The Bertz CT molecular complexity index is 381. The van der Waals surface area contributed by atoms with Crippen LogP contribution in [-0.4, -0.2) is 28.7 Å². The van der Waals surface area contributed by atoms with Crippen molar-refractivity contribution < 1.29 is 4.74 Å². The van der Waals surface area contributed by atoms with Gasteiger partial charge < -0.3 is 15.8 Å². The first-order valence-corrected chi connectivity index (χ1v) is 6.11. The summed E-state index contributed by atoms with van der Waals surface area (Å²) in [5.41, 5.74) is 5.77. The SMILES string of the molecule is CCOc1cncc(NC(C)(CN)C2CC2)n1. The predicted molar refractivity (Wildman–Crippen MR) is 67.0 cm³/mol. The third-order valence-electron chi connectivity index (χ3n) is 3.22. The minimum Gasteiger partial charge on any atom is -0.477 e. The first-order valence-electron chi connectivity index (χ1n) is 6.11. The van der Waals surface area contributed by atoms with Gasteiger partial charge in [0.1, 0.15) is 5.82 Å². The lowest BCUT2D eigenvalue weighted by atomic mass is 9.96. The number of hydrogen-bond donors (Lipinski definition) is 2. The summed E-state index contributed by atoms with van der Waals surface area (Å²) in [6.45, 7) is 5.25. The Hall–Kier alpha value is -1.36. The van der Waals surface area contributed by atoms with E-state index in [1.54, 1.807) is 12.4 Å². The van der Waals surface area contributed by atoms with Crippen molar-refractivity contribution in [3.63, 3.8) is 0 Å².